The van der Waals surface area contributed by atoms with Gasteiger partial charge in [0.2, 0.25) is 0 Å². The van der Waals surface area contributed by atoms with Gasteiger partial charge in [0.1, 0.15) is 5.82 Å². The van der Waals surface area contributed by atoms with Crippen LogP contribution in [0.1, 0.15) is 26.3 Å². The molecule has 0 saturated heterocycles. The van der Waals surface area contributed by atoms with Crippen LogP contribution in [-0.2, 0) is 26.5 Å². The zero-order chi connectivity index (χ0) is 54.9. The largest absolute Gasteiger partial charge is 0.509 e. The molecule has 0 fully saturated rings. The molecular formula is C76H54N5OPt-3. The van der Waals surface area contributed by atoms with E-state index < -0.39 is 0 Å². The van der Waals surface area contributed by atoms with Crippen LogP contribution in [0.4, 0.5) is 22.7 Å². The van der Waals surface area contributed by atoms with Crippen molar-refractivity contribution in [1.29, 1.82) is 0 Å². The summed E-state index contributed by atoms with van der Waals surface area (Å²) >= 11 is 0. The minimum absolute atomic E-state index is 0. The van der Waals surface area contributed by atoms with Crippen molar-refractivity contribution in [3.63, 3.8) is 0 Å². The molecule has 0 radical (unpaired) electrons. The molecule has 0 atom stereocenters. The Kier molecular flexibility index (Phi) is 13.0. The first kappa shape index (κ1) is 51.4. The number of hydrogen-bond acceptors (Lipinski definition) is 4. The van der Waals surface area contributed by atoms with Crippen LogP contribution in [0.5, 0.6) is 11.5 Å². The summed E-state index contributed by atoms with van der Waals surface area (Å²) in [5, 5.41) is 4.55. The summed E-state index contributed by atoms with van der Waals surface area (Å²) in [5.41, 5.74) is 19.5. The van der Waals surface area contributed by atoms with Gasteiger partial charge in [-0.15, -0.1) is 48.1 Å². The Labute approximate surface area is 498 Å². The monoisotopic (exact) mass is 1250 g/mol. The summed E-state index contributed by atoms with van der Waals surface area (Å²) in [7, 11) is 0. The number of nitrogens with zero attached hydrogens (tertiary/aromatic N) is 5. The number of para-hydroxylation sites is 5. The molecule has 14 aromatic rings. The second kappa shape index (κ2) is 21.0. The average molecular weight is 1250 g/mol. The number of anilines is 4. The summed E-state index contributed by atoms with van der Waals surface area (Å²) in [6.07, 6.45) is 1.93. The van der Waals surface area contributed by atoms with Crippen molar-refractivity contribution >= 4 is 66.4 Å². The Morgan fingerprint density at radius 3 is 1.63 bits per heavy atom. The molecule has 15 rings (SSSR count). The van der Waals surface area contributed by atoms with E-state index in [1.54, 1.807) is 0 Å². The van der Waals surface area contributed by atoms with E-state index in [-0.39, 0.29) is 26.5 Å². The molecule has 0 unspecified atom stereocenters. The fraction of sp³-hybridized carbons (Fsp3) is 0.0526. The minimum Gasteiger partial charge on any atom is -0.509 e. The normalized spacial score (nSPS) is 12.3. The molecule has 11 aromatic carbocycles. The maximum atomic E-state index is 6.91. The molecule has 0 N–H and O–H groups in total. The first-order valence-corrected chi connectivity index (χ1v) is 27.9. The molecule has 3 aromatic heterocycles. The average Bonchev–Trinajstić information content (AvgIpc) is 2.70. The number of pyridine rings is 1. The summed E-state index contributed by atoms with van der Waals surface area (Å²) in [5.74, 6) is 1.96. The van der Waals surface area contributed by atoms with Gasteiger partial charge in [0.05, 0.1) is 11.0 Å². The molecule has 1 aliphatic rings. The topological polar surface area (TPSA) is 38.5 Å². The van der Waals surface area contributed by atoms with Gasteiger partial charge < -0.3 is 23.7 Å². The fourth-order valence-electron chi connectivity index (χ4n) is 12.2. The van der Waals surface area contributed by atoms with Crippen molar-refractivity contribution < 1.29 is 25.8 Å². The van der Waals surface area contributed by atoms with E-state index in [4.69, 9.17) is 9.72 Å². The fourth-order valence-corrected chi connectivity index (χ4v) is 12.2. The second-order valence-corrected chi connectivity index (χ2v) is 22.0. The Hall–Kier alpha value is -9.74. The van der Waals surface area contributed by atoms with Gasteiger partial charge in [-0.3, -0.25) is 0 Å². The summed E-state index contributed by atoms with van der Waals surface area (Å²) < 4.78 is 11.5. The van der Waals surface area contributed by atoms with E-state index in [9.17, 15) is 0 Å². The first-order chi connectivity index (χ1) is 40.3. The molecule has 83 heavy (non-hydrogen) atoms. The molecule has 0 amide bonds. The van der Waals surface area contributed by atoms with Crippen molar-refractivity contribution in [3.05, 3.63) is 291 Å². The van der Waals surface area contributed by atoms with Gasteiger partial charge in [0, 0.05) is 88.9 Å². The van der Waals surface area contributed by atoms with E-state index in [1.807, 2.05) is 24.4 Å². The number of hydrogen-bond donors (Lipinski definition) is 0. The SMILES string of the molecule is CC(C)(C)c1ccnc(-n2c3[c-]c(Oc4[c-]c(N5[CH-]N(c6c(-c7ccccc7-c7ccccc7)cccc6-c6ccccc6-c6ccccc6)c6ccccc65)ccc4)ccc3c3cc4c5ccccc5n(-c5ccccc5)c4cc32)c1.[Pt]. The van der Waals surface area contributed by atoms with Gasteiger partial charge in [-0.2, -0.15) is 12.1 Å². The van der Waals surface area contributed by atoms with Crippen molar-refractivity contribution in [2.45, 2.75) is 26.2 Å². The predicted molar refractivity (Wildman–Crippen MR) is 339 cm³/mol. The smallest absolute Gasteiger partial charge is 0.135 e. The van der Waals surface area contributed by atoms with E-state index in [0.717, 1.165) is 112 Å². The zero-order valence-corrected chi connectivity index (χ0v) is 48.2. The van der Waals surface area contributed by atoms with Crippen molar-refractivity contribution in [3.8, 4) is 67.5 Å². The molecule has 0 aliphatic carbocycles. The summed E-state index contributed by atoms with van der Waals surface area (Å²) in [6, 6.07) is 100. The number of aromatic nitrogens is 3. The van der Waals surface area contributed by atoms with Crippen LogP contribution in [0.3, 0.4) is 0 Å². The Bertz CT molecular complexity index is 4650. The van der Waals surface area contributed by atoms with Gasteiger partial charge in [-0.25, -0.2) is 4.98 Å². The van der Waals surface area contributed by atoms with Crippen LogP contribution in [0.2, 0.25) is 0 Å². The van der Waals surface area contributed by atoms with Crippen LogP contribution in [0.25, 0.3) is 99.6 Å². The molecule has 0 spiro atoms. The van der Waals surface area contributed by atoms with Crippen LogP contribution in [0, 0.1) is 18.8 Å². The molecule has 0 bridgehead atoms. The maximum absolute atomic E-state index is 6.91. The Morgan fingerprint density at radius 1 is 0.410 bits per heavy atom. The van der Waals surface area contributed by atoms with Gasteiger partial charge in [0.15, 0.2) is 0 Å². The van der Waals surface area contributed by atoms with Gasteiger partial charge in [0.25, 0.3) is 0 Å². The quantitative estimate of drug-likeness (QED) is 0.128. The van der Waals surface area contributed by atoms with Crippen LogP contribution in [0.15, 0.2) is 267 Å². The Morgan fingerprint density at radius 2 is 0.952 bits per heavy atom. The molecule has 7 heteroatoms. The zero-order valence-electron chi connectivity index (χ0n) is 45.9. The molecule has 402 valence electrons. The number of fused-ring (bicyclic) bond motifs is 7. The van der Waals surface area contributed by atoms with Gasteiger partial charge in [-0.05, 0) is 98.3 Å². The molecular weight excluding hydrogens is 1190 g/mol. The third-order valence-corrected chi connectivity index (χ3v) is 16.0. The van der Waals surface area contributed by atoms with Crippen molar-refractivity contribution in [2.75, 3.05) is 9.80 Å². The third-order valence-electron chi connectivity index (χ3n) is 16.0. The first-order valence-electron chi connectivity index (χ1n) is 27.9. The van der Waals surface area contributed by atoms with E-state index in [2.05, 4.69) is 301 Å². The standard InChI is InChI=1S/C76H54N5O.Pt/c1-76(2,3)53-43-44-77-74(45-53)81-71-47-57(41-42-63(71)67-48-66-62-35-17-18-38-68(62)80(72(66)49-73(67)81)54-27-11-6-12-28-54)82-56-30-21-29-55(46-56)78-50-79(70-40-20-19-39-69(70)78)75-64(60-33-15-13-31-58(60)51-23-7-4-8-24-51)36-22-37-65(75)61-34-16-14-32-59(61)52-25-9-5-10-26-52;/h4-45,48-50H,1-3H3;/q-3;. The third kappa shape index (κ3) is 8.98. The summed E-state index contributed by atoms with van der Waals surface area (Å²) in [4.78, 5) is 9.66. The Balaban J connectivity index is 0.00000614. The van der Waals surface area contributed by atoms with Gasteiger partial charge >= 0.3 is 0 Å². The van der Waals surface area contributed by atoms with Gasteiger partial charge in [-0.1, -0.05) is 208 Å². The van der Waals surface area contributed by atoms with Crippen LogP contribution in [-0.4, -0.2) is 14.1 Å². The molecule has 0 saturated carbocycles. The van der Waals surface area contributed by atoms with Crippen LogP contribution < -0.4 is 14.5 Å². The second-order valence-electron chi connectivity index (χ2n) is 22.0. The van der Waals surface area contributed by atoms with Crippen LogP contribution >= 0.6 is 0 Å². The number of benzene rings is 11. The van der Waals surface area contributed by atoms with E-state index >= 15 is 0 Å². The maximum Gasteiger partial charge on any atom is 0.135 e. The summed E-state index contributed by atoms with van der Waals surface area (Å²) in [6.45, 7) is 8.94. The molecule has 4 heterocycles. The predicted octanol–water partition coefficient (Wildman–Crippen LogP) is 20.0. The van der Waals surface area contributed by atoms with Crippen molar-refractivity contribution in [2.24, 2.45) is 0 Å². The molecule has 6 nitrogen and oxygen atoms in total. The van der Waals surface area contributed by atoms with E-state index in [1.165, 1.54) is 16.3 Å². The minimum atomic E-state index is -0.0974. The number of ether oxygens (including phenoxy) is 1. The number of rotatable bonds is 10. The van der Waals surface area contributed by atoms with E-state index in [0.29, 0.717) is 11.5 Å². The van der Waals surface area contributed by atoms with Crippen molar-refractivity contribution in [1.82, 2.24) is 14.1 Å². The molecule has 1 aliphatic heterocycles.